The van der Waals surface area contributed by atoms with Crippen molar-refractivity contribution in [3.8, 4) is 5.75 Å². The first-order valence-electron chi connectivity index (χ1n) is 11.6. The topological polar surface area (TPSA) is 106 Å². The number of H-pyrrole nitrogens is 1. The van der Waals surface area contributed by atoms with Crippen LogP contribution in [-0.4, -0.2) is 55.5 Å². The molecule has 1 N–H and O–H groups in total. The third-order valence-corrected chi connectivity index (χ3v) is 6.43. The molecule has 1 fully saturated rings. The Hall–Kier alpha value is -3.72. The molecule has 10 heteroatoms. The molecular weight excluding hydrogens is 468 g/mol. The predicted octanol–water partition coefficient (Wildman–Crippen LogP) is 3.63. The van der Waals surface area contributed by atoms with Gasteiger partial charge in [0.1, 0.15) is 11.6 Å². The molecule has 0 aliphatic carbocycles. The van der Waals surface area contributed by atoms with E-state index in [0.29, 0.717) is 61.1 Å². The lowest BCUT2D eigenvalue weighted by Crippen LogP contribution is -2.38. The molecule has 3 heterocycles. The third kappa shape index (κ3) is 4.90. The van der Waals surface area contributed by atoms with Crippen molar-refractivity contribution in [3.63, 3.8) is 0 Å². The quantitative estimate of drug-likeness (QED) is 0.440. The first-order valence-corrected chi connectivity index (χ1v) is 12.0. The number of nitrogens with zero attached hydrogens (tertiary/aromatic N) is 5. The van der Waals surface area contributed by atoms with Crippen molar-refractivity contribution in [3.05, 3.63) is 80.9 Å². The lowest BCUT2D eigenvalue weighted by atomic mass is 9.95. The van der Waals surface area contributed by atoms with E-state index < -0.39 is 0 Å². The Morgan fingerprint density at radius 2 is 1.94 bits per heavy atom. The highest BCUT2D eigenvalue weighted by Crippen LogP contribution is 2.27. The molecule has 0 unspecified atom stereocenters. The summed E-state index contributed by atoms with van der Waals surface area (Å²) >= 11 is 6.10. The molecule has 1 aliphatic rings. The van der Waals surface area contributed by atoms with Crippen LogP contribution in [0.3, 0.4) is 0 Å². The lowest BCUT2D eigenvalue weighted by Gasteiger charge is -2.31. The van der Waals surface area contributed by atoms with E-state index in [2.05, 4.69) is 15.3 Å². The first-order chi connectivity index (χ1) is 17.0. The molecular formula is C25H25ClN6O3. The maximum absolute atomic E-state index is 12.9. The van der Waals surface area contributed by atoms with Gasteiger partial charge >= 0.3 is 0 Å². The molecule has 9 nitrogen and oxygen atoms in total. The van der Waals surface area contributed by atoms with Gasteiger partial charge in [-0.2, -0.15) is 0 Å². The summed E-state index contributed by atoms with van der Waals surface area (Å²) < 4.78 is 7.07. The number of carbonyl (C=O) groups is 1. The summed E-state index contributed by atoms with van der Waals surface area (Å²) in [5.74, 6) is 1.38. The zero-order valence-electron chi connectivity index (χ0n) is 19.3. The van der Waals surface area contributed by atoms with Crippen LogP contribution in [-0.2, 0) is 6.54 Å². The molecule has 1 saturated heterocycles. The minimum Gasteiger partial charge on any atom is -0.494 e. The summed E-state index contributed by atoms with van der Waals surface area (Å²) in [5, 5.41) is 8.78. The molecule has 1 aliphatic heterocycles. The molecule has 0 atom stereocenters. The minimum atomic E-state index is -0.310. The van der Waals surface area contributed by atoms with Gasteiger partial charge in [-0.15, -0.1) is 5.10 Å². The summed E-state index contributed by atoms with van der Waals surface area (Å²) in [5.41, 5.74) is 1.91. The van der Waals surface area contributed by atoms with Gasteiger partial charge in [-0.05, 0) is 61.7 Å². The highest BCUT2D eigenvalue weighted by Gasteiger charge is 2.27. The molecule has 5 rings (SSSR count). The standard InChI is InChI=1S/C25H25ClN6O3/c1-2-35-20-8-6-18(7-9-20)25(34)31-12-10-17(11-13-31)22-27-23-21(24(33)28-22)29-30-32(23)15-16-4-3-5-19(26)14-16/h3-9,14,17H,2,10-13,15H2,1H3,(H,27,28,33). The van der Waals surface area contributed by atoms with Crippen LogP contribution in [0.25, 0.3) is 11.2 Å². The summed E-state index contributed by atoms with van der Waals surface area (Å²) in [7, 11) is 0. The molecule has 0 radical (unpaired) electrons. The van der Waals surface area contributed by atoms with Crippen molar-refractivity contribution in [1.29, 1.82) is 0 Å². The van der Waals surface area contributed by atoms with Crippen molar-refractivity contribution in [1.82, 2.24) is 29.9 Å². The number of carbonyl (C=O) groups excluding carboxylic acids is 1. The van der Waals surface area contributed by atoms with Gasteiger partial charge in [0, 0.05) is 29.6 Å². The minimum absolute atomic E-state index is 0.00722. The molecule has 35 heavy (non-hydrogen) atoms. The van der Waals surface area contributed by atoms with Gasteiger partial charge in [0.05, 0.1) is 13.2 Å². The second-order valence-electron chi connectivity index (χ2n) is 8.52. The number of fused-ring (bicyclic) bond motifs is 1. The smallest absolute Gasteiger partial charge is 0.281 e. The molecule has 2 aromatic carbocycles. The first kappa shape index (κ1) is 23.0. The van der Waals surface area contributed by atoms with Gasteiger partial charge in [0.15, 0.2) is 11.2 Å². The monoisotopic (exact) mass is 492 g/mol. The Kier molecular flexibility index (Phi) is 6.50. The Morgan fingerprint density at radius 3 is 2.66 bits per heavy atom. The van der Waals surface area contributed by atoms with E-state index >= 15 is 0 Å². The van der Waals surface area contributed by atoms with Crippen LogP contribution in [0.15, 0.2) is 53.3 Å². The van der Waals surface area contributed by atoms with Gasteiger partial charge in [-0.25, -0.2) is 9.67 Å². The van der Waals surface area contributed by atoms with Crippen molar-refractivity contribution < 1.29 is 9.53 Å². The molecule has 2 aromatic heterocycles. The van der Waals surface area contributed by atoms with E-state index in [0.717, 1.165) is 11.3 Å². The van der Waals surface area contributed by atoms with Crippen LogP contribution >= 0.6 is 11.6 Å². The molecule has 4 aromatic rings. The van der Waals surface area contributed by atoms with E-state index in [1.54, 1.807) is 22.9 Å². The Morgan fingerprint density at radius 1 is 1.17 bits per heavy atom. The van der Waals surface area contributed by atoms with Gasteiger partial charge in [-0.1, -0.05) is 28.9 Å². The van der Waals surface area contributed by atoms with E-state index in [9.17, 15) is 9.59 Å². The Bertz CT molecular complexity index is 1410. The molecule has 0 spiro atoms. The molecule has 180 valence electrons. The molecule has 1 amide bonds. The molecule has 0 saturated carbocycles. The van der Waals surface area contributed by atoms with Gasteiger partial charge in [0.25, 0.3) is 11.5 Å². The lowest BCUT2D eigenvalue weighted by molar-refractivity contribution is 0.0711. The Labute approximate surface area is 206 Å². The number of nitrogens with one attached hydrogen (secondary N) is 1. The maximum Gasteiger partial charge on any atom is 0.281 e. The summed E-state index contributed by atoms with van der Waals surface area (Å²) in [6, 6.07) is 14.7. The van der Waals surface area contributed by atoms with Gasteiger partial charge in [0.2, 0.25) is 0 Å². The highest BCUT2D eigenvalue weighted by atomic mass is 35.5. The average molecular weight is 493 g/mol. The highest BCUT2D eigenvalue weighted by molar-refractivity contribution is 6.30. The molecule has 0 bridgehead atoms. The van der Waals surface area contributed by atoms with E-state index in [1.165, 1.54) is 0 Å². The number of rotatable bonds is 6. The maximum atomic E-state index is 12.9. The zero-order valence-corrected chi connectivity index (χ0v) is 20.0. The number of aromatic nitrogens is 5. The number of amides is 1. The Balaban J connectivity index is 1.30. The number of halogens is 1. The largest absolute Gasteiger partial charge is 0.494 e. The summed E-state index contributed by atoms with van der Waals surface area (Å²) in [4.78, 5) is 35.1. The van der Waals surface area contributed by atoms with E-state index in [-0.39, 0.29) is 22.9 Å². The summed E-state index contributed by atoms with van der Waals surface area (Å²) in [6.45, 7) is 4.08. The van der Waals surface area contributed by atoms with Crippen molar-refractivity contribution in [2.75, 3.05) is 19.7 Å². The van der Waals surface area contributed by atoms with Crippen LogP contribution < -0.4 is 10.3 Å². The number of ether oxygens (including phenoxy) is 1. The van der Waals surface area contributed by atoms with Gasteiger partial charge in [-0.3, -0.25) is 9.59 Å². The fraction of sp³-hybridized carbons (Fsp3) is 0.320. The van der Waals surface area contributed by atoms with Crippen molar-refractivity contribution in [2.45, 2.75) is 32.2 Å². The number of hydrogen-bond acceptors (Lipinski definition) is 6. The van der Waals surface area contributed by atoms with E-state index in [4.69, 9.17) is 21.3 Å². The van der Waals surface area contributed by atoms with Crippen LogP contribution in [0.1, 0.15) is 47.4 Å². The fourth-order valence-corrected chi connectivity index (χ4v) is 4.60. The SMILES string of the molecule is CCOc1ccc(C(=O)N2CCC(c3nc4c(nnn4Cc4cccc(Cl)c4)c(=O)[nH]3)CC2)cc1. The number of piperidine rings is 1. The number of hydrogen-bond donors (Lipinski definition) is 1. The van der Waals surface area contributed by atoms with Crippen molar-refractivity contribution >= 4 is 28.7 Å². The normalized spacial score (nSPS) is 14.4. The zero-order chi connectivity index (χ0) is 24.4. The third-order valence-electron chi connectivity index (χ3n) is 6.19. The fourth-order valence-electron chi connectivity index (χ4n) is 4.39. The number of aromatic amines is 1. The van der Waals surface area contributed by atoms with Crippen LogP contribution in [0.4, 0.5) is 0 Å². The van der Waals surface area contributed by atoms with Crippen LogP contribution in [0.2, 0.25) is 5.02 Å². The van der Waals surface area contributed by atoms with E-state index in [1.807, 2.05) is 42.2 Å². The second kappa shape index (κ2) is 9.87. The number of likely N-dealkylation sites (tertiary alicyclic amines) is 1. The van der Waals surface area contributed by atoms with Crippen molar-refractivity contribution in [2.24, 2.45) is 0 Å². The summed E-state index contributed by atoms with van der Waals surface area (Å²) in [6.07, 6.45) is 1.40. The average Bonchev–Trinajstić information content (AvgIpc) is 3.27. The predicted molar refractivity (Wildman–Crippen MR) is 132 cm³/mol. The van der Waals surface area contributed by atoms with Crippen LogP contribution in [0.5, 0.6) is 5.75 Å². The number of benzene rings is 2. The van der Waals surface area contributed by atoms with Gasteiger partial charge < -0.3 is 14.6 Å². The van der Waals surface area contributed by atoms with Crippen LogP contribution in [0, 0.1) is 0 Å². The second-order valence-corrected chi connectivity index (χ2v) is 8.96.